The second-order valence-corrected chi connectivity index (χ2v) is 5.33. The lowest BCUT2D eigenvalue weighted by Gasteiger charge is -2.00. The fourth-order valence-corrected chi connectivity index (χ4v) is 2.65. The summed E-state index contributed by atoms with van der Waals surface area (Å²) in [5.41, 5.74) is 4.18. The number of aromatic nitrogens is 4. The van der Waals surface area contributed by atoms with Crippen LogP contribution in [0.4, 0.5) is 0 Å². The van der Waals surface area contributed by atoms with Crippen molar-refractivity contribution in [1.82, 2.24) is 19.6 Å². The Morgan fingerprint density at radius 1 is 1.42 bits per heavy atom. The Bertz CT molecular complexity index is 790. The average Bonchev–Trinajstić information content (AvgIpc) is 2.87. The van der Waals surface area contributed by atoms with E-state index in [1.165, 1.54) is 22.9 Å². The molecule has 19 heavy (non-hydrogen) atoms. The van der Waals surface area contributed by atoms with Crippen LogP contribution in [0.5, 0.6) is 0 Å². The summed E-state index contributed by atoms with van der Waals surface area (Å²) in [6, 6.07) is 4.07. The number of hydrogen-bond donors (Lipinski definition) is 2. The summed E-state index contributed by atoms with van der Waals surface area (Å²) in [4.78, 5) is 15.1. The molecule has 3 aromatic rings. The highest BCUT2D eigenvalue weighted by Crippen LogP contribution is 2.25. The van der Waals surface area contributed by atoms with E-state index in [0.717, 1.165) is 11.0 Å². The molecule has 2 N–H and O–H groups in total. The number of rotatable bonds is 3. The van der Waals surface area contributed by atoms with Crippen molar-refractivity contribution in [3.05, 3.63) is 23.3 Å². The highest BCUT2D eigenvalue weighted by Gasteiger charge is 2.14. The predicted molar refractivity (Wildman–Crippen MR) is 72.7 cm³/mol. The van der Waals surface area contributed by atoms with E-state index in [1.807, 2.05) is 30.4 Å². The van der Waals surface area contributed by atoms with Crippen LogP contribution >= 0.6 is 11.8 Å². The van der Waals surface area contributed by atoms with Crippen LogP contribution in [0.3, 0.4) is 0 Å². The molecule has 0 fully saturated rings. The van der Waals surface area contributed by atoms with E-state index in [4.69, 9.17) is 5.11 Å². The van der Waals surface area contributed by atoms with Gasteiger partial charge in [-0.25, -0.2) is 10.1 Å². The molecule has 98 valence electrons. The maximum absolute atomic E-state index is 10.6. The molecule has 0 aliphatic carbocycles. The molecular formula is C12H12N4O2S. The molecule has 0 spiro atoms. The Morgan fingerprint density at radius 2 is 2.16 bits per heavy atom. The Hall–Kier alpha value is -2.02. The van der Waals surface area contributed by atoms with Crippen LogP contribution in [0.1, 0.15) is 11.1 Å². The van der Waals surface area contributed by atoms with Gasteiger partial charge in [0.1, 0.15) is 0 Å². The fraction of sp³-hybridized carbons (Fsp3) is 0.250. The Kier molecular flexibility index (Phi) is 2.70. The zero-order chi connectivity index (χ0) is 13.6. The SMILES string of the molecule is Cc1cc2nc3[nH]nc(SCC(=O)O)n3c2cc1C. The number of aryl methyl sites for hydroxylation is 2. The molecule has 2 aromatic heterocycles. The van der Waals surface area contributed by atoms with Crippen molar-refractivity contribution in [1.29, 1.82) is 0 Å². The summed E-state index contributed by atoms with van der Waals surface area (Å²) in [5.74, 6) is -0.254. The minimum atomic E-state index is -0.863. The van der Waals surface area contributed by atoms with Gasteiger partial charge in [0.2, 0.25) is 5.78 Å². The van der Waals surface area contributed by atoms with E-state index in [9.17, 15) is 4.79 Å². The summed E-state index contributed by atoms with van der Waals surface area (Å²) < 4.78 is 1.86. The van der Waals surface area contributed by atoms with Crippen molar-refractivity contribution < 1.29 is 9.90 Å². The third-order valence-electron chi connectivity index (χ3n) is 3.04. The van der Waals surface area contributed by atoms with Crippen LogP contribution in [0.25, 0.3) is 16.8 Å². The number of hydrogen-bond acceptors (Lipinski definition) is 4. The van der Waals surface area contributed by atoms with E-state index in [1.54, 1.807) is 0 Å². The summed E-state index contributed by atoms with van der Waals surface area (Å²) in [6.45, 7) is 4.08. The van der Waals surface area contributed by atoms with E-state index >= 15 is 0 Å². The minimum absolute atomic E-state index is 0.0233. The summed E-state index contributed by atoms with van der Waals surface area (Å²) in [7, 11) is 0. The van der Waals surface area contributed by atoms with Crippen LogP contribution in [-0.4, -0.2) is 36.4 Å². The fourth-order valence-electron chi connectivity index (χ4n) is 1.97. The lowest BCUT2D eigenvalue weighted by atomic mass is 10.1. The van der Waals surface area contributed by atoms with Gasteiger partial charge < -0.3 is 5.11 Å². The molecule has 0 unspecified atom stereocenters. The topological polar surface area (TPSA) is 83.3 Å². The Labute approximate surface area is 112 Å². The average molecular weight is 276 g/mol. The van der Waals surface area contributed by atoms with Gasteiger partial charge in [0.15, 0.2) is 5.16 Å². The quantitative estimate of drug-likeness (QED) is 0.715. The maximum Gasteiger partial charge on any atom is 0.313 e. The van der Waals surface area contributed by atoms with E-state index in [2.05, 4.69) is 15.2 Å². The van der Waals surface area contributed by atoms with Gasteiger partial charge in [-0.3, -0.25) is 9.20 Å². The standard InChI is InChI=1S/C12H12N4O2S/c1-6-3-8-9(4-7(6)2)16-11(13-8)14-15-12(16)19-5-10(17)18/h3-4H,5H2,1-2H3,(H,13,14)(H,17,18). The van der Waals surface area contributed by atoms with Crippen LogP contribution in [0.15, 0.2) is 17.3 Å². The number of carboxylic acids is 1. The number of carbonyl (C=O) groups is 1. The first-order valence-corrected chi connectivity index (χ1v) is 6.73. The number of thioether (sulfide) groups is 1. The molecule has 1 aromatic carbocycles. The lowest BCUT2D eigenvalue weighted by Crippen LogP contribution is -1.99. The van der Waals surface area contributed by atoms with Gasteiger partial charge in [-0.05, 0) is 37.1 Å². The smallest absolute Gasteiger partial charge is 0.313 e. The zero-order valence-corrected chi connectivity index (χ0v) is 11.3. The highest BCUT2D eigenvalue weighted by molar-refractivity contribution is 7.99. The maximum atomic E-state index is 10.6. The summed E-state index contributed by atoms with van der Waals surface area (Å²) >= 11 is 1.18. The Balaban J connectivity index is 2.19. The summed E-state index contributed by atoms with van der Waals surface area (Å²) in [6.07, 6.45) is 0. The third kappa shape index (κ3) is 1.95. The van der Waals surface area contributed by atoms with Crippen molar-refractivity contribution in [2.75, 3.05) is 5.75 Å². The number of nitrogens with zero attached hydrogens (tertiary/aromatic N) is 3. The number of fused-ring (bicyclic) bond motifs is 3. The molecule has 0 amide bonds. The molecule has 0 aliphatic rings. The molecule has 0 atom stereocenters. The highest BCUT2D eigenvalue weighted by atomic mass is 32.2. The molecule has 0 radical (unpaired) electrons. The second kappa shape index (κ2) is 4.27. The molecule has 0 saturated heterocycles. The van der Waals surface area contributed by atoms with Gasteiger partial charge in [0.05, 0.1) is 16.8 Å². The number of imidazole rings is 1. The first kappa shape index (κ1) is 12.0. The van der Waals surface area contributed by atoms with Crippen molar-refractivity contribution >= 4 is 34.5 Å². The van der Waals surface area contributed by atoms with Gasteiger partial charge in [-0.2, -0.15) is 0 Å². The van der Waals surface area contributed by atoms with Crippen LogP contribution < -0.4 is 0 Å². The van der Waals surface area contributed by atoms with Crippen LogP contribution in [-0.2, 0) is 4.79 Å². The second-order valence-electron chi connectivity index (χ2n) is 4.38. The largest absolute Gasteiger partial charge is 0.481 e. The lowest BCUT2D eigenvalue weighted by molar-refractivity contribution is -0.133. The molecule has 7 heteroatoms. The molecule has 0 bridgehead atoms. The van der Waals surface area contributed by atoms with E-state index in [0.29, 0.717) is 10.9 Å². The van der Waals surface area contributed by atoms with E-state index in [-0.39, 0.29) is 5.75 Å². The van der Waals surface area contributed by atoms with Gasteiger partial charge in [0.25, 0.3) is 0 Å². The number of carboxylic acid groups (broad SMARTS) is 1. The predicted octanol–water partition coefficient (Wildman–Crippen LogP) is 2.00. The first-order chi connectivity index (χ1) is 9.06. The Morgan fingerprint density at radius 3 is 2.89 bits per heavy atom. The number of nitrogens with one attached hydrogen (secondary N) is 1. The third-order valence-corrected chi connectivity index (χ3v) is 3.96. The molecule has 3 rings (SSSR count). The van der Waals surface area contributed by atoms with Crippen LogP contribution in [0, 0.1) is 13.8 Å². The van der Waals surface area contributed by atoms with Gasteiger partial charge in [0, 0.05) is 0 Å². The molecular weight excluding hydrogens is 264 g/mol. The number of benzene rings is 1. The normalized spacial score (nSPS) is 11.5. The van der Waals surface area contributed by atoms with Crippen molar-refractivity contribution in [3.63, 3.8) is 0 Å². The monoisotopic (exact) mass is 276 g/mol. The minimum Gasteiger partial charge on any atom is -0.481 e. The number of H-pyrrole nitrogens is 1. The van der Waals surface area contributed by atoms with E-state index < -0.39 is 5.97 Å². The molecule has 0 aliphatic heterocycles. The molecule has 0 saturated carbocycles. The zero-order valence-electron chi connectivity index (χ0n) is 10.5. The van der Waals surface area contributed by atoms with Crippen molar-refractivity contribution in [3.8, 4) is 0 Å². The van der Waals surface area contributed by atoms with Crippen molar-refractivity contribution in [2.45, 2.75) is 19.0 Å². The molecule has 2 heterocycles. The van der Waals surface area contributed by atoms with Gasteiger partial charge in [-0.1, -0.05) is 11.8 Å². The first-order valence-electron chi connectivity index (χ1n) is 5.74. The number of aromatic amines is 1. The number of aliphatic carboxylic acids is 1. The molecule has 6 nitrogen and oxygen atoms in total. The van der Waals surface area contributed by atoms with Crippen molar-refractivity contribution in [2.24, 2.45) is 0 Å². The van der Waals surface area contributed by atoms with Gasteiger partial charge in [-0.15, -0.1) is 5.10 Å². The van der Waals surface area contributed by atoms with Crippen LogP contribution in [0.2, 0.25) is 0 Å². The summed E-state index contributed by atoms with van der Waals surface area (Å²) in [5, 5.41) is 16.3. The van der Waals surface area contributed by atoms with Gasteiger partial charge >= 0.3 is 5.97 Å².